The summed E-state index contributed by atoms with van der Waals surface area (Å²) in [6, 6.07) is 19.5. The van der Waals surface area contributed by atoms with Gasteiger partial charge in [0.05, 0.1) is 17.0 Å². The maximum atomic E-state index is 13.7. The van der Waals surface area contributed by atoms with Gasteiger partial charge in [-0.05, 0) is 66.8 Å². The molecule has 1 fully saturated rings. The normalized spacial score (nSPS) is 15.8. The lowest BCUT2D eigenvalue weighted by atomic mass is 10.0. The summed E-state index contributed by atoms with van der Waals surface area (Å²) in [7, 11) is -3.82. The van der Waals surface area contributed by atoms with Crippen molar-refractivity contribution in [1.29, 1.82) is 0 Å². The van der Waals surface area contributed by atoms with Crippen molar-refractivity contribution in [3.05, 3.63) is 95.1 Å². The van der Waals surface area contributed by atoms with E-state index in [2.05, 4.69) is 13.8 Å². The van der Waals surface area contributed by atoms with Crippen LogP contribution < -0.4 is 10.0 Å². The first-order valence-corrected chi connectivity index (χ1v) is 14.0. The fraction of sp³-hybridized carbons (Fsp3) is 0.276. The van der Waals surface area contributed by atoms with Gasteiger partial charge >= 0.3 is 0 Å². The van der Waals surface area contributed by atoms with Crippen LogP contribution in [0.4, 0.5) is 5.69 Å². The first kappa shape index (κ1) is 27.2. The van der Waals surface area contributed by atoms with Crippen molar-refractivity contribution in [3.63, 3.8) is 0 Å². The van der Waals surface area contributed by atoms with E-state index in [9.17, 15) is 22.8 Å². The molecule has 9 heteroatoms. The molecule has 0 spiro atoms. The maximum Gasteiger partial charge on any atom is 0.257 e. The lowest BCUT2D eigenvalue weighted by Crippen LogP contribution is -2.46. The number of anilines is 1. The zero-order valence-corrected chi connectivity index (χ0v) is 22.4. The van der Waals surface area contributed by atoms with E-state index in [0.717, 1.165) is 21.6 Å². The van der Waals surface area contributed by atoms with E-state index in [-0.39, 0.29) is 29.7 Å². The van der Waals surface area contributed by atoms with E-state index in [0.29, 0.717) is 23.6 Å². The Morgan fingerprint density at radius 2 is 1.68 bits per heavy atom. The molecular weight excluding hydrogens is 502 g/mol. The molecule has 1 heterocycles. The third-order valence-electron chi connectivity index (χ3n) is 6.74. The number of aryl methyl sites for hydroxylation is 1. The molecule has 0 saturated carbocycles. The smallest absolute Gasteiger partial charge is 0.257 e. The zero-order chi connectivity index (χ0) is 27.6. The van der Waals surface area contributed by atoms with Crippen molar-refractivity contribution in [1.82, 2.24) is 4.90 Å². The van der Waals surface area contributed by atoms with Crippen molar-refractivity contribution >= 4 is 33.4 Å². The van der Waals surface area contributed by atoms with Crippen LogP contribution in [0.5, 0.6) is 0 Å². The van der Waals surface area contributed by atoms with E-state index in [4.69, 9.17) is 5.14 Å². The Balaban J connectivity index is 1.62. The Hall–Kier alpha value is -3.82. The molecule has 1 saturated heterocycles. The second-order valence-electron chi connectivity index (χ2n) is 9.84. The van der Waals surface area contributed by atoms with Crippen LogP contribution in [0.15, 0.2) is 77.7 Å². The molecule has 198 valence electrons. The Labute approximate surface area is 223 Å². The van der Waals surface area contributed by atoms with Crippen molar-refractivity contribution < 1.29 is 22.8 Å². The van der Waals surface area contributed by atoms with Crippen LogP contribution in [0.2, 0.25) is 0 Å². The summed E-state index contributed by atoms with van der Waals surface area (Å²) in [6.45, 7) is 6.16. The third kappa shape index (κ3) is 5.84. The highest BCUT2D eigenvalue weighted by molar-refractivity contribution is 7.89. The number of nitrogens with two attached hydrogens (primary N) is 1. The second kappa shape index (κ2) is 10.9. The van der Waals surface area contributed by atoms with Crippen LogP contribution >= 0.6 is 0 Å². The third-order valence-corrected chi connectivity index (χ3v) is 7.67. The fourth-order valence-electron chi connectivity index (χ4n) is 4.58. The molecule has 0 radical (unpaired) electrons. The van der Waals surface area contributed by atoms with Gasteiger partial charge in [-0.2, -0.15) is 0 Å². The van der Waals surface area contributed by atoms with Crippen LogP contribution in [0.3, 0.4) is 0 Å². The number of primary sulfonamides is 1. The van der Waals surface area contributed by atoms with E-state index >= 15 is 0 Å². The van der Waals surface area contributed by atoms with Gasteiger partial charge in [0.1, 0.15) is 6.04 Å². The van der Waals surface area contributed by atoms with Gasteiger partial charge in [-0.1, -0.05) is 55.8 Å². The highest BCUT2D eigenvalue weighted by Crippen LogP contribution is 2.28. The number of rotatable bonds is 8. The SMILES string of the molecule is Cc1cccc(C(=O)N(CCc2ccc(S(N)(=O)=O)cc2)C2CC(=O)N(c3ccc(C(C)C)cc3)C2=O)c1. The molecule has 38 heavy (non-hydrogen) atoms. The molecule has 3 aromatic carbocycles. The summed E-state index contributed by atoms with van der Waals surface area (Å²) < 4.78 is 23.2. The molecule has 0 bridgehead atoms. The zero-order valence-electron chi connectivity index (χ0n) is 21.6. The van der Waals surface area contributed by atoms with Crippen molar-refractivity contribution in [3.8, 4) is 0 Å². The second-order valence-corrected chi connectivity index (χ2v) is 11.4. The minimum atomic E-state index is -3.82. The minimum absolute atomic E-state index is 0.00959. The van der Waals surface area contributed by atoms with Gasteiger partial charge in [0, 0.05) is 12.1 Å². The Morgan fingerprint density at radius 3 is 2.26 bits per heavy atom. The number of hydrogen-bond donors (Lipinski definition) is 1. The molecule has 0 aliphatic carbocycles. The summed E-state index contributed by atoms with van der Waals surface area (Å²) in [5, 5.41) is 5.19. The Morgan fingerprint density at radius 1 is 1.03 bits per heavy atom. The highest BCUT2D eigenvalue weighted by atomic mass is 32.2. The Kier molecular flexibility index (Phi) is 7.80. The summed E-state index contributed by atoms with van der Waals surface area (Å²) >= 11 is 0. The molecule has 2 N–H and O–H groups in total. The molecular formula is C29H31N3O5S. The molecule has 8 nitrogen and oxygen atoms in total. The predicted octanol–water partition coefficient (Wildman–Crippen LogP) is 3.78. The number of amides is 3. The maximum absolute atomic E-state index is 13.7. The average Bonchev–Trinajstić information content (AvgIpc) is 3.17. The highest BCUT2D eigenvalue weighted by Gasteiger charge is 2.44. The van der Waals surface area contributed by atoms with Crippen LogP contribution in [0.1, 0.15) is 53.2 Å². The summed E-state index contributed by atoms with van der Waals surface area (Å²) in [5.74, 6) is -0.851. The molecule has 1 aliphatic rings. The number of nitrogens with zero attached hydrogens (tertiary/aromatic N) is 2. The van der Waals surface area contributed by atoms with Gasteiger partial charge in [0.2, 0.25) is 15.9 Å². The fourth-order valence-corrected chi connectivity index (χ4v) is 5.09. The lowest BCUT2D eigenvalue weighted by molar-refractivity contribution is -0.122. The van der Waals surface area contributed by atoms with Crippen LogP contribution in [-0.4, -0.2) is 43.6 Å². The van der Waals surface area contributed by atoms with Gasteiger partial charge in [-0.3, -0.25) is 14.4 Å². The number of carbonyl (C=O) groups excluding carboxylic acids is 3. The van der Waals surface area contributed by atoms with Gasteiger partial charge in [-0.15, -0.1) is 0 Å². The monoisotopic (exact) mass is 533 g/mol. The summed E-state index contributed by atoms with van der Waals surface area (Å²) in [4.78, 5) is 42.9. The van der Waals surface area contributed by atoms with Crippen LogP contribution in [-0.2, 0) is 26.0 Å². The average molecular weight is 534 g/mol. The van der Waals surface area contributed by atoms with E-state index in [1.165, 1.54) is 17.0 Å². The predicted molar refractivity (Wildman–Crippen MR) is 145 cm³/mol. The largest absolute Gasteiger partial charge is 0.326 e. The Bertz CT molecular complexity index is 1460. The summed E-state index contributed by atoms with van der Waals surface area (Å²) in [5.41, 5.74) is 3.66. The first-order chi connectivity index (χ1) is 18.0. The van der Waals surface area contributed by atoms with Crippen molar-refractivity contribution in [2.24, 2.45) is 5.14 Å². The number of imide groups is 1. The minimum Gasteiger partial charge on any atom is -0.326 e. The number of hydrogen-bond acceptors (Lipinski definition) is 5. The number of sulfonamides is 1. The summed E-state index contributed by atoms with van der Waals surface area (Å²) in [6.07, 6.45) is 0.232. The van der Waals surface area contributed by atoms with E-state index in [1.807, 2.05) is 25.1 Å². The van der Waals surface area contributed by atoms with Crippen molar-refractivity contribution in [2.75, 3.05) is 11.4 Å². The van der Waals surface area contributed by atoms with Crippen LogP contribution in [0, 0.1) is 6.92 Å². The number of carbonyl (C=O) groups is 3. The lowest BCUT2D eigenvalue weighted by Gasteiger charge is -2.28. The molecule has 3 amide bonds. The van der Waals surface area contributed by atoms with Gasteiger partial charge in [0.25, 0.3) is 11.8 Å². The van der Waals surface area contributed by atoms with Gasteiger partial charge in [0.15, 0.2) is 0 Å². The standard InChI is InChI=1S/C29H31N3O5S/c1-19(2)22-9-11-24(12-10-22)32-27(33)18-26(29(32)35)31(28(34)23-6-4-5-20(3)17-23)16-15-21-7-13-25(14-8-21)38(30,36)37/h4-14,17,19,26H,15-16,18H2,1-3H3,(H2,30,36,37). The first-order valence-electron chi connectivity index (χ1n) is 12.4. The molecule has 1 aliphatic heterocycles. The topological polar surface area (TPSA) is 118 Å². The van der Waals surface area contributed by atoms with Gasteiger partial charge < -0.3 is 4.90 Å². The van der Waals surface area contributed by atoms with E-state index in [1.54, 1.807) is 42.5 Å². The molecule has 1 atom stereocenters. The van der Waals surface area contributed by atoms with Gasteiger partial charge in [-0.25, -0.2) is 18.5 Å². The quantitative estimate of drug-likeness (QED) is 0.442. The molecule has 1 unspecified atom stereocenters. The molecule has 3 aromatic rings. The van der Waals surface area contributed by atoms with Crippen molar-refractivity contribution in [2.45, 2.75) is 50.5 Å². The number of benzene rings is 3. The van der Waals surface area contributed by atoms with Crippen LogP contribution in [0.25, 0.3) is 0 Å². The molecule has 4 rings (SSSR count). The van der Waals surface area contributed by atoms with E-state index < -0.39 is 22.0 Å². The molecule has 0 aromatic heterocycles.